The molecular weight excluding hydrogens is 322 g/mol. The number of nitrogens with one attached hydrogen (secondary N) is 2. The Hall–Kier alpha value is -3.19. The average Bonchev–Trinajstić information content (AvgIpc) is 3.15. The van der Waals surface area contributed by atoms with Crippen LogP contribution in [0.2, 0.25) is 0 Å². The van der Waals surface area contributed by atoms with Crippen LogP contribution in [0.4, 0.5) is 5.69 Å². The molecule has 126 valence electrons. The van der Waals surface area contributed by atoms with Gasteiger partial charge in [0.2, 0.25) is 0 Å². The molecule has 1 aliphatic carbocycles. The number of H-pyrrole nitrogens is 1. The number of aliphatic hydroxyl groups is 1. The first-order chi connectivity index (χ1) is 12.0. The highest BCUT2D eigenvalue weighted by molar-refractivity contribution is 6.07. The van der Waals surface area contributed by atoms with Gasteiger partial charge in [-0.15, -0.1) is 0 Å². The molecule has 1 aromatic heterocycles. The zero-order valence-electron chi connectivity index (χ0n) is 13.1. The van der Waals surface area contributed by atoms with E-state index in [9.17, 15) is 20.0 Å². The normalized spacial score (nSPS) is 18.9. The van der Waals surface area contributed by atoms with E-state index in [1.54, 1.807) is 6.07 Å². The number of carbonyl (C=O) groups is 1. The summed E-state index contributed by atoms with van der Waals surface area (Å²) in [6, 6.07) is 11.4. The van der Waals surface area contributed by atoms with E-state index in [0.717, 1.165) is 11.1 Å². The van der Waals surface area contributed by atoms with Gasteiger partial charge in [0.15, 0.2) is 0 Å². The van der Waals surface area contributed by atoms with Gasteiger partial charge in [0, 0.05) is 35.7 Å². The fraction of sp³-hybridized carbons (Fsp3) is 0.167. The second-order valence-electron chi connectivity index (χ2n) is 6.11. The molecule has 0 aliphatic heterocycles. The summed E-state index contributed by atoms with van der Waals surface area (Å²) in [5.41, 5.74) is 2.79. The first-order valence-electron chi connectivity index (χ1n) is 7.87. The number of hydrogen-bond acceptors (Lipinski definition) is 4. The van der Waals surface area contributed by atoms with Gasteiger partial charge < -0.3 is 15.4 Å². The maximum atomic E-state index is 12.7. The van der Waals surface area contributed by atoms with E-state index in [0.29, 0.717) is 22.9 Å². The van der Waals surface area contributed by atoms with Crippen LogP contribution in [0, 0.1) is 10.1 Å². The minimum Gasteiger partial charge on any atom is -0.390 e. The molecule has 0 saturated heterocycles. The molecule has 4 rings (SSSR count). The van der Waals surface area contributed by atoms with Crippen molar-refractivity contribution in [1.29, 1.82) is 0 Å². The highest BCUT2D eigenvalue weighted by Gasteiger charge is 2.32. The molecule has 0 fully saturated rings. The van der Waals surface area contributed by atoms with E-state index in [4.69, 9.17) is 0 Å². The standard InChI is InChI=1S/C18H15N3O4/c22-16-7-10-3-1-2-4-12(10)17(16)20-18(23)14-9-19-15-6-5-11(21(24)25)8-13(14)15/h1-6,8-9,16-17,19,22H,7H2,(H,20,23). The minimum atomic E-state index is -0.694. The van der Waals surface area contributed by atoms with Crippen molar-refractivity contribution in [2.75, 3.05) is 0 Å². The summed E-state index contributed by atoms with van der Waals surface area (Å²) in [7, 11) is 0. The SMILES string of the molecule is O=C(NC1c2ccccc2CC1O)c1c[nH]c2ccc([N+](=O)[O-])cc12. The number of nitro groups is 1. The van der Waals surface area contributed by atoms with Crippen molar-refractivity contribution in [3.8, 4) is 0 Å². The summed E-state index contributed by atoms with van der Waals surface area (Å²) in [5, 5.41) is 24.6. The summed E-state index contributed by atoms with van der Waals surface area (Å²) in [6.07, 6.45) is 1.32. The Morgan fingerprint density at radius 1 is 1.28 bits per heavy atom. The fourth-order valence-electron chi connectivity index (χ4n) is 3.38. The number of aliphatic hydroxyl groups excluding tert-OH is 1. The maximum absolute atomic E-state index is 12.7. The predicted octanol–water partition coefficient (Wildman–Crippen LogP) is 2.46. The third-order valence-corrected chi connectivity index (χ3v) is 4.61. The van der Waals surface area contributed by atoms with Crippen molar-refractivity contribution in [3.63, 3.8) is 0 Å². The van der Waals surface area contributed by atoms with Crippen LogP contribution in [0.5, 0.6) is 0 Å². The van der Waals surface area contributed by atoms with E-state index in [1.165, 1.54) is 18.3 Å². The third kappa shape index (κ3) is 2.54. The van der Waals surface area contributed by atoms with Gasteiger partial charge in [-0.3, -0.25) is 14.9 Å². The smallest absolute Gasteiger partial charge is 0.270 e. The van der Waals surface area contributed by atoms with Crippen molar-refractivity contribution in [2.24, 2.45) is 0 Å². The molecule has 7 nitrogen and oxygen atoms in total. The van der Waals surface area contributed by atoms with E-state index >= 15 is 0 Å². The van der Waals surface area contributed by atoms with Crippen molar-refractivity contribution in [1.82, 2.24) is 10.3 Å². The number of amides is 1. The van der Waals surface area contributed by atoms with Crippen LogP contribution in [0.25, 0.3) is 10.9 Å². The Morgan fingerprint density at radius 2 is 2.08 bits per heavy atom. The molecule has 1 amide bonds. The van der Waals surface area contributed by atoms with E-state index in [2.05, 4.69) is 10.3 Å². The topological polar surface area (TPSA) is 108 Å². The van der Waals surface area contributed by atoms with Crippen molar-refractivity contribution in [3.05, 3.63) is 75.5 Å². The zero-order valence-corrected chi connectivity index (χ0v) is 13.1. The predicted molar refractivity (Wildman–Crippen MR) is 91.3 cm³/mol. The van der Waals surface area contributed by atoms with E-state index < -0.39 is 17.1 Å². The summed E-state index contributed by atoms with van der Waals surface area (Å²) < 4.78 is 0. The Bertz CT molecular complexity index is 995. The Morgan fingerprint density at radius 3 is 2.88 bits per heavy atom. The zero-order chi connectivity index (χ0) is 17.6. The van der Waals surface area contributed by atoms with Gasteiger partial charge in [-0.05, 0) is 17.2 Å². The van der Waals surface area contributed by atoms with Crippen LogP contribution >= 0.6 is 0 Å². The second kappa shape index (κ2) is 5.71. The van der Waals surface area contributed by atoms with Gasteiger partial charge in [0.25, 0.3) is 11.6 Å². The first-order valence-corrected chi connectivity index (χ1v) is 7.87. The monoisotopic (exact) mass is 337 g/mol. The lowest BCUT2D eigenvalue weighted by atomic mass is 10.1. The van der Waals surface area contributed by atoms with E-state index in [1.807, 2.05) is 24.3 Å². The molecule has 2 unspecified atom stereocenters. The molecule has 0 saturated carbocycles. The van der Waals surface area contributed by atoms with Gasteiger partial charge >= 0.3 is 0 Å². The largest absolute Gasteiger partial charge is 0.390 e. The Balaban J connectivity index is 1.67. The molecule has 0 bridgehead atoms. The molecule has 0 radical (unpaired) electrons. The van der Waals surface area contributed by atoms with Gasteiger partial charge in [0.05, 0.1) is 22.6 Å². The van der Waals surface area contributed by atoms with Crippen LogP contribution < -0.4 is 5.32 Å². The molecule has 2 aromatic carbocycles. The van der Waals surface area contributed by atoms with Crippen LogP contribution in [0.3, 0.4) is 0 Å². The fourth-order valence-corrected chi connectivity index (χ4v) is 3.38. The second-order valence-corrected chi connectivity index (χ2v) is 6.11. The number of benzene rings is 2. The molecule has 3 aromatic rings. The maximum Gasteiger partial charge on any atom is 0.270 e. The number of non-ortho nitro benzene ring substituents is 1. The lowest BCUT2D eigenvalue weighted by Gasteiger charge is -2.17. The Labute approximate surface area is 142 Å². The van der Waals surface area contributed by atoms with Crippen LogP contribution in [0.1, 0.15) is 27.5 Å². The van der Waals surface area contributed by atoms with Crippen LogP contribution in [-0.4, -0.2) is 27.0 Å². The van der Waals surface area contributed by atoms with Crippen LogP contribution in [0.15, 0.2) is 48.7 Å². The number of carbonyl (C=O) groups excluding carboxylic acids is 1. The van der Waals surface area contributed by atoms with Gasteiger partial charge in [-0.1, -0.05) is 24.3 Å². The molecule has 0 spiro atoms. The molecule has 1 aliphatic rings. The number of rotatable bonds is 3. The highest BCUT2D eigenvalue weighted by atomic mass is 16.6. The summed E-state index contributed by atoms with van der Waals surface area (Å²) >= 11 is 0. The third-order valence-electron chi connectivity index (χ3n) is 4.61. The highest BCUT2D eigenvalue weighted by Crippen LogP contribution is 2.32. The Kier molecular flexibility index (Phi) is 3.51. The van der Waals surface area contributed by atoms with Gasteiger partial charge in [-0.25, -0.2) is 0 Å². The van der Waals surface area contributed by atoms with Crippen molar-refractivity contribution < 1.29 is 14.8 Å². The molecule has 7 heteroatoms. The van der Waals surface area contributed by atoms with Gasteiger partial charge in [0.1, 0.15) is 0 Å². The van der Waals surface area contributed by atoms with Gasteiger partial charge in [-0.2, -0.15) is 0 Å². The molecule has 2 atom stereocenters. The molecule has 3 N–H and O–H groups in total. The number of nitro benzene ring substituents is 1. The van der Waals surface area contributed by atoms with E-state index in [-0.39, 0.29) is 11.6 Å². The number of fused-ring (bicyclic) bond motifs is 2. The summed E-state index contributed by atoms with van der Waals surface area (Å²) in [5.74, 6) is -0.382. The summed E-state index contributed by atoms with van der Waals surface area (Å²) in [6.45, 7) is 0. The first kappa shape index (κ1) is 15.3. The minimum absolute atomic E-state index is 0.0765. The average molecular weight is 337 g/mol. The van der Waals surface area contributed by atoms with Crippen LogP contribution in [-0.2, 0) is 6.42 Å². The molecule has 25 heavy (non-hydrogen) atoms. The molecule has 1 heterocycles. The number of nitrogens with zero attached hydrogens (tertiary/aromatic N) is 1. The number of aromatic amines is 1. The quantitative estimate of drug-likeness (QED) is 0.504. The summed E-state index contributed by atoms with van der Waals surface area (Å²) in [4.78, 5) is 26.1. The number of aromatic nitrogens is 1. The lowest BCUT2D eigenvalue weighted by Crippen LogP contribution is -2.33. The van der Waals surface area contributed by atoms with Crippen molar-refractivity contribution in [2.45, 2.75) is 18.6 Å². The lowest BCUT2D eigenvalue weighted by molar-refractivity contribution is -0.384. The number of hydrogen-bond donors (Lipinski definition) is 3. The van der Waals surface area contributed by atoms with Crippen molar-refractivity contribution >= 4 is 22.5 Å². The molecular formula is C18H15N3O4.